The van der Waals surface area contributed by atoms with Crippen LogP contribution in [0.5, 0.6) is 0 Å². The lowest BCUT2D eigenvalue weighted by atomic mass is 10.1. The van der Waals surface area contributed by atoms with Crippen molar-refractivity contribution in [2.75, 3.05) is 11.9 Å². The van der Waals surface area contributed by atoms with E-state index in [0.717, 1.165) is 11.1 Å². The van der Waals surface area contributed by atoms with E-state index in [1.807, 2.05) is 19.1 Å². The van der Waals surface area contributed by atoms with E-state index in [1.54, 1.807) is 30.3 Å². The normalized spacial score (nSPS) is 9.67. The van der Waals surface area contributed by atoms with E-state index in [2.05, 4.69) is 17.2 Å². The molecule has 4 heteroatoms. The van der Waals surface area contributed by atoms with E-state index in [4.69, 9.17) is 16.7 Å². The van der Waals surface area contributed by atoms with Gasteiger partial charge in [0.1, 0.15) is 6.61 Å². The average Bonchev–Trinajstić information content (AvgIpc) is 2.44. The number of carbonyl (C=O) groups excluding carboxylic acids is 1. The molecule has 0 heterocycles. The van der Waals surface area contributed by atoms with E-state index < -0.39 is 0 Å². The molecule has 21 heavy (non-hydrogen) atoms. The van der Waals surface area contributed by atoms with Crippen molar-refractivity contribution >= 4 is 23.2 Å². The van der Waals surface area contributed by atoms with Gasteiger partial charge in [-0.05, 0) is 48.9 Å². The number of aryl methyl sites for hydroxylation is 1. The van der Waals surface area contributed by atoms with Crippen molar-refractivity contribution in [2.24, 2.45) is 0 Å². The van der Waals surface area contributed by atoms with Crippen molar-refractivity contribution in [3.05, 3.63) is 64.2 Å². The third kappa shape index (κ3) is 4.35. The minimum atomic E-state index is -0.232. The second kappa shape index (κ2) is 6.94. The highest BCUT2D eigenvalue weighted by atomic mass is 35.5. The molecule has 0 aromatic heterocycles. The first-order valence-corrected chi connectivity index (χ1v) is 6.74. The fraction of sp³-hybridized carbons (Fsp3) is 0.118. The maximum atomic E-state index is 12.2. The van der Waals surface area contributed by atoms with Gasteiger partial charge in [-0.25, -0.2) is 0 Å². The quantitative estimate of drug-likeness (QED) is 0.836. The van der Waals surface area contributed by atoms with Crippen LogP contribution in [-0.2, 0) is 0 Å². The first kappa shape index (κ1) is 15.1. The van der Waals surface area contributed by atoms with Crippen LogP contribution in [0.3, 0.4) is 0 Å². The molecule has 0 aliphatic heterocycles. The molecule has 0 bridgehead atoms. The first-order chi connectivity index (χ1) is 10.1. The summed E-state index contributed by atoms with van der Waals surface area (Å²) in [5.74, 6) is 5.18. The molecule has 0 aliphatic carbocycles. The Labute approximate surface area is 128 Å². The molecular weight excluding hydrogens is 286 g/mol. The molecule has 0 saturated carbocycles. The maximum Gasteiger partial charge on any atom is 0.255 e. The lowest BCUT2D eigenvalue weighted by Gasteiger charge is -2.07. The molecule has 2 aromatic carbocycles. The molecule has 0 saturated heterocycles. The van der Waals surface area contributed by atoms with Crippen LogP contribution in [0.25, 0.3) is 0 Å². The zero-order chi connectivity index (χ0) is 15.2. The van der Waals surface area contributed by atoms with Gasteiger partial charge in [0.15, 0.2) is 0 Å². The van der Waals surface area contributed by atoms with E-state index in [9.17, 15) is 4.79 Å². The molecular formula is C17H14ClNO2. The Bertz CT molecular complexity index is 729. The molecule has 1 amide bonds. The van der Waals surface area contributed by atoms with Crippen molar-refractivity contribution in [1.29, 1.82) is 0 Å². The summed E-state index contributed by atoms with van der Waals surface area (Å²) in [5, 5.41) is 12.1. The van der Waals surface area contributed by atoms with E-state index in [0.29, 0.717) is 16.3 Å². The Morgan fingerprint density at radius 3 is 2.81 bits per heavy atom. The van der Waals surface area contributed by atoms with Crippen LogP contribution in [0.2, 0.25) is 5.02 Å². The second-order valence-electron chi connectivity index (χ2n) is 4.51. The van der Waals surface area contributed by atoms with Gasteiger partial charge in [0.2, 0.25) is 0 Å². The summed E-state index contributed by atoms with van der Waals surface area (Å²) in [4.78, 5) is 12.2. The number of benzene rings is 2. The molecule has 2 N–H and O–H groups in total. The largest absolute Gasteiger partial charge is 0.384 e. The Morgan fingerprint density at radius 1 is 1.29 bits per heavy atom. The third-order valence-corrected chi connectivity index (χ3v) is 2.97. The summed E-state index contributed by atoms with van der Waals surface area (Å²) in [6.45, 7) is 1.72. The number of aliphatic hydroxyl groups is 1. The van der Waals surface area contributed by atoms with Gasteiger partial charge in [0, 0.05) is 21.8 Å². The van der Waals surface area contributed by atoms with Crippen LogP contribution in [-0.4, -0.2) is 17.6 Å². The van der Waals surface area contributed by atoms with Gasteiger partial charge in [-0.15, -0.1) is 0 Å². The summed E-state index contributed by atoms with van der Waals surface area (Å²) in [7, 11) is 0. The lowest BCUT2D eigenvalue weighted by Crippen LogP contribution is -2.12. The van der Waals surface area contributed by atoms with Crippen LogP contribution in [0.15, 0.2) is 42.5 Å². The van der Waals surface area contributed by atoms with Crippen molar-refractivity contribution in [3.63, 3.8) is 0 Å². The SMILES string of the molecule is Cc1cc(C#CCO)cc(NC(=O)c2cccc(Cl)c2)c1. The van der Waals surface area contributed by atoms with Crippen LogP contribution < -0.4 is 5.32 Å². The molecule has 106 valence electrons. The number of halogens is 1. The van der Waals surface area contributed by atoms with Crippen molar-refractivity contribution < 1.29 is 9.90 Å². The van der Waals surface area contributed by atoms with Crippen LogP contribution in [0, 0.1) is 18.8 Å². The number of anilines is 1. The Balaban J connectivity index is 2.23. The fourth-order valence-electron chi connectivity index (χ4n) is 1.90. The Kier molecular flexibility index (Phi) is 4.99. The van der Waals surface area contributed by atoms with E-state index >= 15 is 0 Å². The Morgan fingerprint density at radius 2 is 2.10 bits per heavy atom. The maximum absolute atomic E-state index is 12.2. The monoisotopic (exact) mass is 299 g/mol. The predicted octanol–water partition coefficient (Wildman–Crippen LogP) is 3.24. The minimum Gasteiger partial charge on any atom is -0.384 e. The zero-order valence-corrected chi connectivity index (χ0v) is 12.2. The summed E-state index contributed by atoms with van der Waals surface area (Å²) in [5.41, 5.74) is 2.86. The number of rotatable bonds is 2. The third-order valence-electron chi connectivity index (χ3n) is 2.73. The predicted molar refractivity (Wildman–Crippen MR) is 84.5 cm³/mol. The van der Waals surface area contributed by atoms with Gasteiger partial charge < -0.3 is 10.4 Å². The number of aliphatic hydroxyl groups excluding tert-OH is 1. The van der Waals surface area contributed by atoms with Gasteiger partial charge in [0.05, 0.1) is 0 Å². The Hall–Kier alpha value is -2.28. The molecule has 0 fully saturated rings. The van der Waals surface area contributed by atoms with Crippen molar-refractivity contribution in [1.82, 2.24) is 0 Å². The smallest absolute Gasteiger partial charge is 0.255 e. The number of amides is 1. The molecule has 0 aliphatic rings. The highest BCUT2D eigenvalue weighted by molar-refractivity contribution is 6.31. The summed E-state index contributed by atoms with van der Waals surface area (Å²) in [6, 6.07) is 12.3. The van der Waals surface area contributed by atoms with E-state index in [-0.39, 0.29) is 12.5 Å². The average molecular weight is 300 g/mol. The molecule has 0 unspecified atom stereocenters. The summed E-state index contributed by atoms with van der Waals surface area (Å²) in [6.07, 6.45) is 0. The van der Waals surface area contributed by atoms with Crippen LogP contribution in [0.1, 0.15) is 21.5 Å². The molecule has 2 rings (SSSR count). The number of nitrogens with one attached hydrogen (secondary N) is 1. The van der Waals surface area contributed by atoms with Gasteiger partial charge >= 0.3 is 0 Å². The molecule has 0 atom stereocenters. The highest BCUT2D eigenvalue weighted by Crippen LogP contribution is 2.16. The summed E-state index contributed by atoms with van der Waals surface area (Å²) < 4.78 is 0. The van der Waals surface area contributed by atoms with Crippen LogP contribution >= 0.6 is 11.6 Å². The highest BCUT2D eigenvalue weighted by Gasteiger charge is 2.07. The standard InChI is InChI=1S/C17H14ClNO2/c1-12-8-13(4-3-7-20)10-16(9-12)19-17(21)14-5-2-6-15(18)11-14/h2,5-6,8-11,20H,7H2,1H3,(H,19,21). The fourth-order valence-corrected chi connectivity index (χ4v) is 2.09. The zero-order valence-electron chi connectivity index (χ0n) is 11.5. The van der Waals surface area contributed by atoms with Crippen molar-refractivity contribution in [3.8, 4) is 11.8 Å². The van der Waals surface area contributed by atoms with Crippen molar-refractivity contribution in [2.45, 2.75) is 6.92 Å². The second-order valence-corrected chi connectivity index (χ2v) is 4.95. The molecule has 2 aromatic rings. The number of hydrogen-bond acceptors (Lipinski definition) is 2. The summed E-state index contributed by atoms with van der Waals surface area (Å²) >= 11 is 5.88. The molecule has 3 nitrogen and oxygen atoms in total. The van der Waals surface area contributed by atoms with Gasteiger partial charge in [0.25, 0.3) is 5.91 Å². The van der Waals surface area contributed by atoms with Gasteiger partial charge in [-0.3, -0.25) is 4.79 Å². The molecule has 0 spiro atoms. The topological polar surface area (TPSA) is 49.3 Å². The lowest BCUT2D eigenvalue weighted by molar-refractivity contribution is 0.102. The van der Waals surface area contributed by atoms with Crippen LogP contribution in [0.4, 0.5) is 5.69 Å². The first-order valence-electron chi connectivity index (χ1n) is 6.37. The van der Waals surface area contributed by atoms with Gasteiger partial charge in [-0.1, -0.05) is 29.5 Å². The van der Waals surface area contributed by atoms with E-state index in [1.165, 1.54) is 0 Å². The minimum absolute atomic E-state index is 0.196. The molecule has 0 radical (unpaired) electrons. The number of carbonyl (C=O) groups is 1. The number of hydrogen-bond donors (Lipinski definition) is 2. The van der Waals surface area contributed by atoms with Gasteiger partial charge in [-0.2, -0.15) is 0 Å².